The van der Waals surface area contributed by atoms with Gasteiger partial charge in [-0.2, -0.15) is 0 Å². The minimum atomic E-state index is -0.0612. The summed E-state index contributed by atoms with van der Waals surface area (Å²) in [4.78, 5) is 21.0. The fourth-order valence-electron chi connectivity index (χ4n) is 3.12. The molecular weight excluding hydrogens is 385 g/mol. The molecule has 3 rings (SSSR count). The monoisotopic (exact) mass is 407 g/mol. The van der Waals surface area contributed by atoms with E-state index in [2.05, 4.69) is 39.7 Å². The fraction of sp³-hybridized carbons (Fsp3) is 0.368. The van der Waals surface area contributed by atoms with Gasteiger partial charge in [0.1, 0.15) is 5.82 Å². The number of hydrogen-bond acceptors (Lipinski definition) is 4. The van der Waals surface area contributed by atoms with E-state index in [1.54, 1.807) is 6.07 Å². The molecule has 1 atom stereocenters. The Morgan fingerprint density at radius 1 is 1.22 bits per heavy atom. The number of hydrogen-bond donors (Lipinski definition) is 2. The normalized spacial score (nSPS) is 17.6. The number of nitrogens with zero attached hydrogens (tertiary/aromatic N) is 3. The van der Waals surface area contributed by atoms with Crippen molar-refractivity contribution >= 4 is 35.1 Å². The smallest absolute Gasteiger partial charge is 0.318 e. The molecule has 27 heavy (non-hydrogen) atoms. The molecule has 1 aliphatic heterocycles. The molecule has 2 heterocycles. The summed E-state index contributed by atoms with van der Waals surface area (Å²) in [5.41, 5.74) is 1.15. The molecule has 1 unspecified atom stereocenters. The van der Waals surface area contributed by atoms with E-state index in [4.69, 9.17) is 23.2 Å². The number of carbonyl (C=O) groups is 1. The van der Waals surface area contributed by atoms with E-state index in [0.29, 0.717) is 35.5 Å². The number of benzene rings is 1. The Labute approximate surface area is 169 Å². The second-order valence-electron chi connectivity index (χ2n) is 6.52. The van der Waals surface area contributed by atoms with Gasteiger partial charge < -0.3 is 20.4 Å². The Bertz CT molecular complexity index is 774. The Kier molecular flexibility index (Phi) is 6.77. The maximum Gasteiger partial charge on any atom is 0.318 e. The van der Waals surface area contributed by atoms with E-state index in [-0.39, 0.29) is 12.1 Å². The summed E-state index contributed by atoms with van der Waals surface area (Å²) in [6, 6.07) is 11.8. The summed E-state index contributed by atoms with van der Waals surface area (Å²) in [6.07, 6.45) is 1.53. The van der Waals surface area contributed by atoms with Crippen LogP contribution in [0.15, 0.2) is 42.6 Å². The van der Waals surface area contributed by atoms with Crippen molar-refractivity contribution in [2.45, 2.75) is 6.04 Å². The number of anilines is 1. The average Bonchev–Trinajstić information content (AvgIpc) is 2.67. The summed E-state index contributed by atoms with van der Waals surface area (Å²) in [6.45, 7) is 3.36. The van der Waals surface area contributed by atoms with Gasteiger partial charge in [-0.3, -0.25) is 0 Å². The highest BCUT2D eigenvalue weighted by Gasteiger charge is 2.29. The maximum absolute atomic E-state index is 12.7. The molecule has 1 saturated heterocycles. The molecule has 1 aromatic heterocycles. The minimum Gasteiger partial charge on any atom is -0.367 e. The van der Waals surface area contributed by atoms with Gasteiger partial charge in [-0.05, 0) is 18.7 Å². The third-order valence-electron chi connectivity index (χ3n) is 4.53. The lowest BCUT2D eigenvalue weighted by molar-refractivity contribution is 0.109. The van der Waals surface area contributed by atoms with Crippen molar-refractivity contribution in [1.29, 1.82) is 0 Å². The van der Waals surface area contributed by atoms with E-state index >= 15 is 0 Å². The zero-order valence-corrected chi connectivity index (χ0v) is 16.7. The van der Waals surface area contributed by atoms with Crippen LogP contribution >= 0.6 is 23.2 Å². The highest BCUT2D eigenvalue weighted by molar-refractivity contribution is 6.35. The zero-order chi connectivity index (χ0) is 19.2. The number of likely N-dealkylation sites (N-methyl/N-ethyl adjacent to an activating group) is 1. The van der Waals surface area contributed by atoms with Gasteiger partial charge in [-0.1, -0.05) is 53.5 Å². The fourth-order valence-corrected chi connectivity index (χ4v) is 3.57. The molecule has 2 N–H and O–H groups in total. The topological polar surface area (TPSA) is 60.5 Å². The van der Waals surface area contributed by atoms with E-state index < -0.39 is 0 Å². The number of piperazine rings is 1. The third-order valence-corrected chi connectivity index (χ3v) is 5.02. The van der Waals surface area contributed by atoms with Gasteiger partial charge >= 0.3 is 6.03 Å². The minimum absolute atomic E-state index is 0.0466. The van der Waals surface area contributed by atoms with Crippen LogP contribution in [-0.4, -0.2) is 60.6 Å². The van der Waals surface area contributed by atoms with Crippen molar-refractivity contribution in [3.05, 3.63) is 58.2 Å². The number of urea groups is 1. The Hall–Kier alpha value is -2.02. The van der Waals surface area contributed by atoms with Gasteiger partial charge in [-0.15, -0.1) is 0 Å². The van der Waals surface area contributed by atoms with Crippen LogP contribution in [0.1, 0.15) is 11.6 Å². The maximum atomic E-state index is 12.7. The number of pyridine rings is 1. The third kappa shape index (κ3) is 5.25. The van der Waals surface area contributed by atoms with Crippen molar-refractivity contribution in [2.75, 3.05) is 45.1 Å². The summed E-state index contributed by atoms with van der Waals surface area (Å²) in [5, 5.41) is 7.02. The molecule has 0 radical (unpaired) electrons. The van der Waals surface area contributed by atoms with Gasteiger partial charge in [-0.25, -0.2) is 9.78 Å². The number of aromatic nitrogens is 1. The van der Waals surface area contributed by atoms with Crippen molar-refractivity contribution in [3.8, 4) is 0 Å². The molecule has 1 fully saturated rings. The van der Waals surface area contributed by atoms with Crippen LogP contribution in [-0.2, 0) is 0 Å². The lowest BCUT2D eigenvalue weighted by Crippen LogP contribution is -2.52. The molecule has 0 spiro atoms. The van der Waals surface area contributed by atoms with E-state index in [0.717, 1.165) is 18.7 Å². The van der Waals surface area contributed by atoms with Gasteiger partial charge in [0, 0.05) is 38.9 Å². The largest absolute Gasteiger partial charge is 0.367 e. The number of rotatable bonds is 5. The molecular formula is C19H23Cl2N5O. The van der Waals surface area contributed by atoms with Crippen LogP contribution in [0.5, 0.6) is 0 Å². The van der Waals surface area contributed by atoms with Gasteiger partial charge in [0.15, 0.2) is 0 Å². The second kappa shape index (κ2) is 9.26. The quantitative estimate of drug-likeness (QED) is 0.744. The average molecular weight is 408 g/mol. The Balaban J connectivity index is 1.54. The first-order valence-electron chi connectivity index (χ1n) is 8.87. The van der Waals surface area contributed by atoms with E-state index in [1.165, 1.54) is 6.20 Å². The first-order chi connectivity index (χ1) is 13.0. The molecule has 8 heteroatoms. The lowest BCUT2D eigenvalue weighted by Gasteiger charge is -2.40. The lowest BCUT2D eigenvalue weighted by atomic mass is 10.0. The Morgan fingerprint density at radius 2 is 2.00 bits per heavy atom. The summed E-state index contributed by atoms with van der Waals surface area (Å²) < 4.78 is 0. The van der Waals surface area contributed by atoms with Crippen molar-refractivity contribution in [3.63, 3.8) is 0 Å². The van der Waals surface area contributed by atoms with Crippen LogP contribution < -0.4 is 10.6 Å². The highest BCUT2D eigenvalue weighted by atomic mass is 35.5. The van der Waals surface area contributed by atoms with Gasteiger partial charge in [0.2, 0.25) is 0 Å². The molecule has 0 aliphatic carbocycles. The predicted octanol–water partition coefficient (Wildman–Crippen LogP) is 3.50. The number of amides is 2. The molecule has 0 bridgehead atoms. The molecule has 1 aromatic carbocycles. The molecule has 144 valence electrons. The van der Waals surface area contributed by atoms with Crippen LogP contribution in [0.4, 0.5) is 10.6 Å². The van der Waals surface area contributed by atoms with Crippen LogP contribution in [0.2, 0.25) is 10.0 Å². The van der Waals surface area contributed by atoms with Crippen molar-refractivity contribution < 1.29 is 4.79 Å². The molecule has 6 nitrogen and oxygen atoms in total. The first-order valence-corrected chi connectivity index (χ1v) is 9.63. The SMILES string of the molecule is CN1CCN(C(=O)NCCNc2ncc(Cl)cc2Cl)C(c2ccccc2)C1. The van der Waals surface area contributed by atoms with Crippen molar-refractivity contribution in [2.24, 2.45) is 0 Å². The zero-order valence-electron chi connectivity index (χ0n) is 15.2. The highest BCUT2D eigenvalue weighted by Crippen LogP contribution is 2.25. The summed E-state index contributed by atoms with van der Waals surface area (Å²) in [5.74, 6) is 0.553. The van der Waals surface area contributed by atoms with E-state index in [1.807, 2.05) is 23.1 Å². The molecule has 2 amide bonds. The number of carbonyl (C=O) groups excluding carboxylic acids is 1. The predicted molar refractivity (Wildman–Crippen MR) is 110 cm³/mol. The Morgan fingerprint density at radius 3 is 2.74 bits per heavy atom. The molecule has 1 aliphatic rings. The van der Waals surface area contributed by atoms with Gasteiger partial charge in [0.25, 0.3) is 0 Å². The molecule has 2 aromatic rings. The van der Waals surface area contributed by atoms with Crippen LogP contribution in [0.25, 0.3) is 0 Å². The van der Waals surface area contributed by atoms with Crippen molar-refractivity contribution in [1.82, 2.24) is 20.1 Å². The van der Waals surface area contributed by atoms with Gasteiger partial charge in [0.05, 0.1) is 16.1 Å². The first kappa shape index (κ1) is 19.7. The summed E-state index contributed by atoms with van der Waals surface area (Å²) >= 11 is 11.9. The number of nitrogens with one attached hydrogen (secondary N) is 2. The van der Waals surface area contributed by atoms with Crippen LogP contribution in [0.3, 0.4) is 0 Å². The summed E-state index contributed by atoms with van der Waals surface area (Å²) in [7, 11) is 2.08. The molecule has 0 saturated carbocycles. The second-order valence-corrected chi connectivity index (χ2v) is 7.37. The number of halogens is 2. The van der Waals surface area contributed by atoms with E-state index in [9.17, 15) is 4.79 Å². The standard InChI is InChI=1S/C19H23Cl2N5O/c1-25-9-10-26(17(13-25)14-5-3-2-4-6-14)19(27)23-8-7-22-18-16(21)11-15(20)12-24-18/h2-6,11-12,17H,7-10,13H2,1H3,(H,22,24)(H,23,27). The van der Waals surface area contributed by atoms with Crippen LogP contribution in [0, 0.1) is 0 Å².